The first-order valence-electron chi connectivity index (χ1n) is 7.08. The molecular weight excluding hydrogens is 259 g/mol. The first-order chi connectivity index (χ1) is 9.58. The highest BCUT2D eigenvalue weighted by Crippen LogP contribution is 2.31. The zero-order chi connectivity index (χ0) is 14.7. The Morgan fingerprint density at radius 2 is 2.25 bits per heavy atom. The Morgan fingerprint density at radius 1 is 1.50 bits per heavy atom. The third-order valence-corrected chi connectivity index (χ3v) is 4.11. The second-order valence-corrected chi connectivity index (χ2v) is 5.25. The molecule has 2 rings (SSSR count). The van der Waals surface area contributed by atoms with Crippen molar-refractivity contribution in [2.45, 2.75) is 32.2 Å². The van der Waals surface area contributed by atoms with Crippen LogP contribution in [0.3, 0.4) is 0 Å². The predicted molar refractivity (Wildman–Crippen MR) is 75.0 cm³/mol. The summed E-state index contributed by atoms with van der Waals surface area (Å²) in [6.45, 7) is 3.02. The maximum atomic E-state index is 13.0. The molecule has 0 aromatic heterocycles. The average Bonchev–Trinajstić information content (AvgIpc) is 2.87. The number of phenolic OH excluding ortho intramolecular Hbond substituents is 1. The molecule has 1 aliphatic carbocycles. The van der Waals surface area contributed by atoms with E-state index in [0.29, 0.717) is 19.0 Å². The second kappa shape index (κ2) is 6.22. The number of aromatic hydroxyl groups is 1. The van der Waals surface area contributed by atoms with Gasteiger partial charge in [-0.25, -0.2) is 4.39 Å². The van der Waals surface area contributed by atoms with Gasteiger partial charge in [0.1, 0.15) is 11.6 Å². The molecule has 1 fully saturated rings. The van der Waals surface area contributed by atoms with Gasteiger partial charge in [0, 0.05) is 18.7 Å². The van der Waals surface area contributed by atoms with Gasteiger partial charge in [0.25, 0.3) is 5.91 Å². The molecule has 1 saturated carbocycles. The minimum absolute atomic E-state index is 0.113. The molecule has 3 N–H and O–H groups in total. The smallest absolute Gasteiger partial charge is 0.257 e. The van der Waals surface area contributed by atoms with Crippen LogP contribution >= 0.6 is 0 Å². The van der Waals surface area contributed by atoms with Crippen molar-refractivity contribution in [3.8, 4) is 5.75 Å². The molecule has 2 atom stereocenters. The molecule has 1 aliphatic rings. The summed E-state index contributed by atoms with van der Waals surface area (Å²) in [4.78, 5) is 14.3. The lowest BCUT2D eigenvalue weighted by atomic mass is 10.0. The summed E-state index contributed by atoms with van der Waals surface area (Å²) < 4.78 is 13.0. The van der Waals surface area contributed by atoms with E-state index in [-0.39, 0.29) is 23.3 Å². The highest BCUT2D eigenvalue weighted by atomic mass is 19.1. The van der Waals surface area contributed by atoms with Gasteiger partial charge in [-0.1, -0.05) is 6.42 Å². The van der Waals surface area contributed by atoms with Crippen molar-refractivity contribution in [2.24, 2.45) is 11.7 Å². The van der Waals surface area contributed by atoms with E-state index in [0.717, 1.165) is 25.3 Å². The fourth-order valence-corrected chi connectivity index (χ4v) is 3.07. The van der Waals surface area contributed by atoms with Crippen LogP contribution in [0.15, 0.2) is 18.2 Å². The van der Waals surface area contributed by atoms with Crippen LogP contribution < -0.4 is 5.73 Å². The fourth-order valence-electron chi connectivity index (χ4n) is 3.07. The molecule has 1 aromatic carbocycles. The third-order valence-electron chi connectivity index (χ3n) is 4.11. The first kappa shape index (κ1) is 14.8. The molecule has 0 aliphatic heterocycles. The van der Waals surface area contributed by atoms with Crippen LogP contribution in [0.25, 0.3) is 0 Å². The van der Waals surface area contributed by atoms with E-state index in [1.165, 1.54) is 12.1 Å². The summed E-state index contributed by atoms with van der Waals surface area (Å²) >= 11 is 0. The molecule has 2 unspecified atom stereocenters. The fraction of sp³-hybridized carbons (Fsp3) is 0.533. The molecule has 0 saturated heterocycles. The topological polar surface area (TPSA) is 66.6 Å². The minimum atomic E-state index is -0.553. The predicted octanol–water partition coefficient (Wildman–Crippen LogP) is 2.12. The Balaban J connectivity index is 2.24. The van der Waals surface area contributed by atoms with Gasteiger partial charge in [-0.3, -0.25) is 4.79 Å². The Hall–Kier alpha value is -1.62. The number of nitrogens with two attached hydrogens (primary N) is 1. The molecule has 1 amide bonds. The van der Waals surface area contributed by atoms with Crippen molar-refractivity contribution in [3.05, 3.63) is 29.6 Å². The van der Waals surface area contributed by atoms with Crippen molar-refractivity contribution in [3.63, 3.8) is 0 Å². The van der Waals surface area contributed by atoms with Crippen LogP contribution in [0, 0.1) is 11.7 Å². The molecular formula is C15H21FN2O2. The number of hydrogen-bond acceptors (Lipinski definition) is 3. The maximum absolute atomic E-state index is 13.0. The lowest BCUT2D eigenvalue weighted by Crippen LogP contribution is -2.44. The van der Waals surface area contributed by atoms with Gasteiger partial charge in [-0.15, -0.1) is 0 Å². The molecule has 0 heterocycles. The summed E-state index contributed by atoms with van der Waals surface area (Å²) in [6, 6.07) is 3.61. The lowest BCUT2D eigenvalue weighted by Gasteiger charge is -2.32. The number of carbonyl (C=O) groups excluding carboxylic acids is 1. The van der Waals surface area contributed by atoms with E-state index in [4.69, 9.17) is 5.73 Å². The number of amides is 1. The van der Waals surface area contributed by atoms with Gasteiger partial charge in [0.15, 0.2) is 0 Å². The van der Waals surface area contributed by atoms with Crippen LogP contribution in [0.4, 0.5) is 4.39 Å². The Labute approximate surface area is 118 Å². The van der Waals surface area contributed by atoms with Gasteiger partial charge in [0.05, 0.1) is 5.56 Å². The Morgan fingerprint density at radius 3 is 2.85 bits per heavy atom. The van der Waals surface area contributed by atoms with Crippen molar-refractivity contribution in [2.75, 3.05) is 13.1 Å². The second-order valence-electron chi connectivity index (χ2n) is 5.25. The van der Waals surface area contributed by atoms with Crippen molar-refractivity contribution in [1.82, 2.24) is 4.90 Å². The van der Waals surface area contributed by atoms with Crippen molar-refractivity contribution in [1.29, 1.82) is 0 Å². The van der Waals surface area contributed by atoms with Gasteiger partial charge in [-0.05, 0) is 44.4 Å². The lowest BCUT2D eigenvalue weighted by molar-refractivity contribution is 0.0649. The van der Waals surface area contributed by atoms with Crippen molar-refractivity contribution < 1.29 is 14.3 Å². The van der Waals surface area contributed by atoms with Crippen LogP contribution in [0.1, 0.15) is 36.5 Å². The zero-order valence-corrected chi connectivity index (χ0v) is 11.7. The molecule has 0 bridgehead atoms. The average molecular weight is 280 g/mol. The molecule has 0 spiro atoms. The van der Waals surface area contributed by atoms with Gasteiger partial charge in [-0.2, -0.15) is 0 Å². The highest BCUT2D eigenvalue weighted by Gasteiger charge is 2.34. The number of phenols is 1. The molecule has 110 valence electrons. The minimum Gasteiger partial charge on any atom is -0.507 e. The first-order valence-corrected chi connectivity index (χ1v) is 7.08. The normalized spacial score (nSPS) is 21.9. The highest BCUT2D eigenvalue weighted by molar-refractivity contribution is 5.97. The van der Waals surface area contributed by atoms with E-state index < -0.39 is 5.82 Å². The molecule has 5 heteroatoms. The van der Waals surface area contributed by atoms with E-state index >= 15 is 0 Å². The summed E-state index contributed by atoms with van der Waals surface area (Å²) in [7, 11) is 0. The number of benzene rings is 1. The number of nitrogens with zero attached hydrogens (tertiary/aromatic N) is 1. The Kier molecular flexibility index (Phi) is 4.60. The third kappa shape index (κ3) is 2.77. The largest absolute Gasteiger partial charge is 0.507 e. The Bertz CT molecular complexity index is 493. The van der Waals surface area contributed by atoms with Gasteiger partial charge >= 0.3 is 0 Å². The van der Waals surface area contributed by atoms with E-state index in [1.54, 1.807) is 4.90 Å². The van der Waals surface area contributed by atoms with Crippen molar-refractivity contribution >= 4 is 5.91 Å². The van der Waals surface area contributed by atoms with Crippen LogP contribution in [-0.2, 0) is 0 Å². The summed E-state index contributed by atoms with van der Waals surface area (Å²) in [6.07, 6.45) is 3.02. The molecule has 1 aromatic rings. The van der Waals surface area contributed by atoms with Gasteiger partial charge < -0.3 is 15.7 Å². The molecule has 0 radical (unpaired) electrons. The van der Waals surface area contributed by atoms with Gasteiger partial charge in [0.2, 0.25) is 0 Å². The number of hydrogen-bond donors (Lipinski definition) is 2. The monoisotopic (exact) mass is 280 g/mol. The van der Waals surface area contributed by atoms with Crippen LogP contribution in [0.2, 0.25) is 0 Å². The summed E-state index contributed by atoms with van der Waals surface area (Å²) in [5.74, 6) is -0.810. The SMILES string of the molecule is CCN(C(=O)c1ccc(F)cc1O)C1CCCC1CN. The van der Waals surface area contributed by atoms with Crippen LogP contribution in [0.5, 0.6) is 5.75 Å². The van der Waals surface area contributed by atoms with E-state index in [9.17, 15) is 14.3 Å². The number of halogens is 1. The van der Waals surface area contributed by atoms with E-state index in [2.05, 4.69) is 0 Å². The quantitative estimate of drug-likeness (QED) is 0.887. The summed E-state index contributed by atoms with van der Waals surface area (Å²) in [5.41, 5.74) is 5.92. The number of carbonyl (C=O) groups is 1. The number of rotatable bonds is 4. The van der Waals surface area contributed by atoms with E-state index in [1.807, 2.05) is 6.92 Å². The van der Waals surface area contributed by atoms with Crippen LogP contribution in [-0.4, -0.2) is 35.0 Å². The maximum Gasteiger partial charge on any atom is 0.257 e. The molecule has 4 nitrogen and oxygen atoms in total. The molecule has 20 heavy (non-hydrogen) atoms. The standard InChI is InChI=1S/C15H21FN2O2/c1-2-18(13-5-3-4-10(13)9-17)15(20)12-7-6-11(16)8-14(12)19/h6-8,10,13,19H,2-5,9,17H2,1H3. The summed E-state index contributed by atoms with van der Waals surface area (Å²) in [5, 5.41) is 9.76. The zero-order valence-electron chi connectivity index (χ0n) is 11.7.